The largest absolute Gasteiger partial charge is 0.462 e. The molecule has 1 atom stereocenters. The molecule has 0 rings (SSSR count). The van der Waals surface area contributed by atoms with E-state index >= 15 is 0 Å². The summed E-state index contributed by atoms with van der Waals surface area (Å²) in [5.41, 5.74) is 0. The van der Waals surface area contributed by atoms with Gasteiger partial charge in [-0.2, -0.15) is 0 Å². The van der Waals surface area contributed by atoms with Crippen molar-refractivity contribution in [2.45, 2.75) is 226 Å². The Morgan fingerprint density at radius 2 is 0.702 bits per heavy atom. The molecular formula is C41H78O6. The summed E-state index contributed by atoms with van der Waals surface area (Å²) in [5, 5.41) is 0. The smallest absolute Gasteiger partial charge is 0.306 e. The third-order valence-corrected chi connectivity index (χ3v) is 9.04. The molecule has 0 aliphatic rings. The summed E-state index contributed by atoms with van der Waals surface area (Å²) in [6.07, 6.45) is 32.4. The number of rotatable bonds is 36. The fourth-order valence-electron chi connectivity index (χ4n) is 5.92. The van der Waals surface area contributed by atoms with E-state index in [2.05, 4.69) is 27.7 Å². The van der Waals surface area contributed by atoms with Gasteiger partial charge in [-0.25, -0.2) is 0 Å². The fourth-order valence-corrected chi connectivity index (χ4v) is 5.92. The third-order valence-electron chi connectivity index (χ3n) is 9.04. The maximum atomic E-state index is 12.6. The van der Waals surface area contributed by atoms with Gasteiger partial charge in [0.1, 0.15) is 13.2 Å². The van der Waals surface area contributed by atoms with E-state index in [9.17, 15) is 14.4 Å². The van der Waals surface area contributed by atoms with E-state index in [1.165, 1.54) is 116 Å². The number of hydrogen-bond acceptors (Lipinski definition) is 6. The lowest BCUT2D eigenvalue weighted by Gasteiger charge is -2.18. The van der Waals surface area contributed by atoms with Gasteiger partial charge in [0.25, 0.3) is 0 Å². The first-order valence-electron chi connectivity index (χ1n) is 20.4. The molecule has 0 unspecified atom stereocenters. The molecule has 0 radical (unpaired) electrons. The number of hydrogen-bond donors (Lipinski definition) is 0. The lowest BCUT2D eigenvalue weighted by atomic mass is 10.0. The molecule has 0 saturated carbocycles. The van der Waals surface area contributed by atoms with E-state index in [0.29, 0.717) is 19.3 Å². The van der Waals surface area contributed by atoms with Crippen molar-refractivity contribution in [3.63, 3.8) is 0 Å². The van der Waals surface area contributed by atoms with Gasteiger partial charge in [0.2, 0.25) is 0 Å². The molecule has 0 saturated heterocycles. The van der Waals surface area contributed by atoms with Gasteiger partial charge < -0.3 is 14.2 Å². The van der Waals surface area contributed by atoms with Gasteiger partial charge in [-0.05, 0) is 25.2 Å². The van der Waals surface area contributed by atoms with Gasteiger partial charge in [0.15, 0.2) is 6.10 Å². The number of ether oxygens (including phenoxy) is 3. The minimum Gasteiger partial charge on any atom is -0.462 e. The minimum atomic E-state index is -0.757. The standard InChI is InChI=1S/C41H78O6/c1-5-7-9-11-13-14-15-16-21-25-29-33-40(43)46-36-38(35-45-39(42)32-28-24-19-12-10-8-6-2)47-41(44)34-30-26-22-18-17-20-23-27-31-37(3)4/h37-38H,5-36H2,1-4H3/t38-/m1/s1. The van der Waals surface area contributed by atoms with Crippen molar-refractivity contribution in [3.8, 4) is 0 Å². The first kappa shape index (κ1) is 45.4. The topological polar surface area (TPSA) is 78.9 Å². The highest BCUT2D eigenvalue weighted by atomic mass is 16.6. The van der Waals surface area contributed by atoms with Crippen molar-refractivity contribution in [2.24, 2.45) is 5.92 Å². The Morgan fingerprint density at radius 1 is 0.404 bits per heavy atom. The van der Waals surface area contributed by atoms with Crippen molar-refractivity contribution in [3.05, 3.63) is 0 Å². The molecule has 6 heteroatoms. The van der Waals surface area contributed by atoms with Gasteiger partial charge in [0.05, 0.1) is 0 Å². The van der Waals surface area contributed by atoms with Crippen LogP contribution in [0, 0.1) is 5.92 Å². The van der Waals surface area contributed by atoms with Crippen LogP contribution in [-0.2, 0) is 28.6 Å². The molecular weight excluding hydrogens is 588 g/mol. The summed E-state index contributed by atoms with van der Waals surface area (Å²) in [6.45, 7) is 8.89. The zero-order valence-corrected chi connectivity index (χ0v) is 31.7. The molecule has 0 aromatic heterocycles. The van der Waals surface area contributed by atoms with Crippen LogP contribution in [0.15, 0.2) is 0 Å². The summed E-state index contributed by atoms with van der Waals surface area (Å²) in [5.74, 6) is -0.0764. The van der Waals surface area contributed by atoms with Crippen LogP contribution in [0.3, 0.4) is 0 Å². The quantitative estimate of drug-likeness (QED) is 0.0376. The van der Waals surface area contributed by atoms with Gasteiger partial charge in [-0.3, -0.25) is 14.4 Å². The SMILES string of the molecule is CCCCCCCCCCCCCC(=O)OC[C@@H](COC(=O)CCCCCCCCC)OC(=O)CCCCCCCCCCC(C)C. The molecule has 6 nitrogen and oxygen atoms in total. The first-order chi connectivity index (χ1) is 22.9. The zero-order valence-electron chi connectivity index (χ0n) is 31.7. The average molecular weight is 667 g/mol. The Hall–Kier alpha value is -1.59. The number of carbonyl (C=O) groups excluding carboxylic acids is 3. The minimum absolute atomic E-state index is 0.0654. The summed E-state index contributed by atoms with van der Waals surface area (Å²) in [4.78, 5) is 37.4. The lowest BCUT2D eigenvalue weighted by Crippen LogP contribution is -2.30. The Bertz CT molecular complexity index is 706. The molecule has 0 N–H and O–H groups in total. The van der Waals surface area contributed by atoms with Gasteiger partial charge in [0, 0.05) is 19.3 Å². The maximum absolute atomic E-state index is 12.6. The molecule has 0 aliphatic heterocycles. The predicted molar refractivity (Wildman–Crippen MR) is 196 cm³/mol. The Labute approximate surface area is 291 Å². The fraction of sp³-hybridized carbons (Fsp3) is 0.927. The van der Waals surface area contributed by atoms with E-state index in [-0.39, 0.29) is 31.1 Å². The highest BCUT2D eigenvalue weighted by Crippen LogP contribution is 2.15. The van der Waals surface area contributed by atoms with E-state index in [1.54, 1.807) is 0 Å². The number of carbonyl (C=O) groups is 3. The Morgan fingerprint density at radius 3 is 1.04 bits per heavy atom. The molecule has 0 aromatic carbocycles. The van der Waals surface area contributed by atoms with Crippen molar-refractivity contribution in [1.29, 1.82) is 0 Å². The van der Waals surface area contributed by atoms with Crippen molar-refractivity contribution >= 4 is 17.9 Å². The molecule has 0 fully saturated rings. The van der Waals surface area contributed by atoms with E-state index in [4.69, 9.17) is 14.2 Å². The van der Waals surface area contributed by atoms with Crippen LogP contribution in [0.4, 0.5) is 0 Å². The van der Waals surface area contributed by atoms with Crippen LogP contribution in [0.25, 0.3) is 0 Å². The zero-order chi connectivity index (χ0) is 34.6. The highest BCUT2D eigenvalue weighted by molar-refractivity contribution is 5.71. The molecule has 278 valence electrons. The first-order valence-corrected chi connectivity index (χ1v) is 20.4. The molecule has 0 amide bonds. The van der Waals surface area contributed by atoms with E-state index in [0.717, 1.165) is 63.7 Å². The summed E-state index contributed by atoms with van der Waals surface area (Å²) < 4.78 is 16.6. The third kappa shape index (κ3) is 35.5. The van der Waals surface area contributed by atoms with Crippen LogP contribution >= 0.6 is 0 Å². The number of esters is 3. The van der Waals surface area contributed by atoms with Crippen molar-refractivity contribution < 1.29 is 28.6 Å². The monoisotopic (exact) mass is 667 g/mol. The van der Waals surface area contributed by atoms with Crippen LogP contribution < -0.4 is 0 Å². The number of unbranched alkanes of at least 4 members (excludes halogenated alkanes) is 23. The highest BCUT2D eigenvalue weighted by Gasteiger charge is 2.19. The molecule has 0 aromatic rings. The Kier molecular flexibility index (Phi) is 34.5. The summed E-state index contributed by atoms with van der Waals surface area (Å²) >= 11 is 0. The van der Waals surface area contributed by atoms with Crippen LogP contribution in [0.2, 0.25) is 0 Å². The second-order valence-corrected chi connectivity index (χ2v) is 14.4. The van der Waals surface area contributed by atoms with Gasteiger partial charge >= 0.3 is 17.9 Å². The molecule has 47 heavy (non-hydrogen) atoms. The van der Waals surface area contributed by atoms with E-state index < -0.39 is 6.10 Å². The van der Waals surface area contributed by atoms with Gasteiger partial charge in [-0.15, -0.1) is 0 Å². The van der Waals surface area contributed by atoms with Crippen molar-refractivity contribution in [2.75, 3.05) is 13.2 Å². The van der Waals surface area contributed by atoms with Crippen LogP contribution in [-0.4, -0.2) is 37.2 Å². The maximum Gasteiger partial charge on any atom is 0.306 e. The molecule has 0 heterocycles. The van der Waals surface area contributed by atoms with Crippen LogP contribution in [0.1, 0.15) is 220 Å². The molecule has 0 bridgehead atoms. The Balaban J connectivity index is 4.32. The average Bonchev–Trinajstić information content (AvgIpc) is 3.05. The predicted octanol–water partition coefficient (Wildman–Crippen LogP) is 12.4. The normalized spacial score (nSPS) is 11.9. The molecule has 0 aliphatic carbocycles. The van der Waals surface area contributed by atoms with Gasteiger partial charge in [-0.1, -0.05) is 182 Å². The second kappa shape index (κ2) is 35.7. The van der Waals surface area contributed by atoms with Crippen LogP contribution in [0.5, 0.6) is 0 Å². The second-order valence-electron chi connectivity index (χ2n) is 14.4. The summed E-state index contributed by atoms with van der Waals surface area (Å²) in [7, 11) is 0. The van der Waals surface area contributed by atoms with Crippen molar-refractivity contribution in [1.82, 2.24) is 0 Å². The molecule has 0 spiro atoms. The lowest BCUT2D eigenvalue weighted by molar-refractivity contribution is -0.167. The van der Waals surface area contributed by atoms with E-state index in [1.807, 2.05) is 0 Å². The summed E-state index contributed by atoms with van der Waals surface area (Å²) in [6, 6.07) is 0.